The number of hydrogen-bond donors (Lipinski definition) is 4. The van der Waals surface area contributed by atoms with Crippen LogP contribution in [0.15, 0.2) is 47.1 Å². The molecular formula is C20H25N5O4S. The molecule has 2 aliphatic rings. The smallest absolute Gasteiger partial charge is 0.227 e. The fourth-order valence-electron chi connectivity index (χ4n) is 3.78. The number of nitrogens with one attached hydrogen (secondary N) is 1. The summed E-state index contributed by atoms with van der Waals surface area (Å²) < 4.78 is 31.9. The van der Waals surface area contributed by atoms with Gasteiger partial charge in [-0.3, -0.25) is 23.6 Å². The van der Waals surface area contributed by atoms with Gasteiger partial charge >= 0.3 is 0 Å². The second kappa shape index (κ2) is 8.50. The summed E-state index contributed by atoms with van der Waals surface area (Å²) in [5.74, 6) is 0.837. The van der Waals surface area contributed by atoms with Crippen molar-refractivity contribution in [2.24, 2.45) is 16.0 Å². The molecule has 0 bridgehead atoms. The average Bonchev–Trinajstić information content (AvgIpc) is 2.72. The lowest BCUT2D eigenvalue weighted by molar-refractivity contribution is -0.132. The molecule has 2 aromatic rings. The SMILES string of the molecule is NC1=NS(O)(O)Nc2cccc(OCC3CCCN(C(=O)Cc4cccnc4)C3)c21. The highest BCUT2D eigenvalue weighted by Gasteiger charge is 2.27. The number of hydrogen-bond acceptors (Lipinski definition) is 8. The second-order valence-corrected chi connectivity index (χ2v) is 8.90. The van der Waals surface area contributed by atoms with E-state index in [4.69, 9.17) is 10.5 Å². The predicted molar refractivity (Wildman–Crippen MR) is 116 cm³/mol. The van der Waals surface area contributed by atoms with Crippen molar-refractivity contribution in [1.29, 1.82) is 0 Å². The normalized spacial score (nSPS) is 21.1. The van der Waals surface area contributed by atoms with Gasteiger partial charge in [-0.05, 0) is 47.6 Å². The standard InChI is InChI=1S/C20H25N5O4S/c21-20-19-16(23-30(27,28)24-20)6-1-7-17(19)29-13-15-5-3-9-25(12-15)18(26)10-14-4-2-8-22-11-14/h1-2,4,6-8,11,15,23,27-28H,3,5,9-10,12-13H2,(H2,21,24). The summed E-state index contributed by atoms with van der Waals surface area (Å²) >= 11 is 0. The van der Waals surface area contributed by atoms with Gasteiger partial charge in [-0.15, -0.1) is 4.40 Å². The quantitative estimate of drug-likeness (QED) is 0.572. The lowest BCUT2D eigenvalue weighted by Gasteiger charge is -2.34. The molecule has 2 aliphatic heterocycles. The number of nitrogens with zero attached hydrogens (tertiary/aromatic N) is 3. The zero-order chi connectivity index (χ0) is 21.1. The Labute approximate surface area is 176 Å². The largest absolute Gasteiger partial charge is 0.492 e. The molecule has 5 N–H and O–H groups in total. The zero-order valence-electron chi connectivity index (χ0n) is 16.4. The maximum absolute atomic E-state index is 12.7. The van der Waals surface area contributed by atoms with Crippen LogP contribution in [0.3, 0.4) is 0 Å². The van der Waals surface area contributed by atoms with Crippen molar-refractivity contribution in [3.8, 4) is 5.75 Å². The van der Waals surface area contributed by atoms with E-state index in [1.165, 1.54) is 0 Å². The Morgan fingerprint density at radius 1 is 1.33 bits per heavy atom. The Bertz CT molecular complexity index is 953. The van der Waals surface area contributed by atoms with Crippen molar-refractivity contribution >= 4 is 28.4 Å². The van der Waals surface area contributed by atoms with Gasteiger partial charge in [0, 0.05) is 31.4 Å². The highest BCUT2D eigenvalue weighted by atomic mass is 32.3. The zero-order valence-corrected chi connectivity index (χ0v) is 17.2. The van der Waals surface area contributed by atoms with Crippen LogP contribution < -0.4 is 15.2 Å². The van der Waals surface area contributed by atoms with Crippen molar-refractivity contribution in [3.05, 3.63) is 53.9 Å². The van der Waals surface area contributed by atoms with Gasteiger partial charge in [0.15, 0.2) is 5.84 Å². The van der Waals surface area contributed by atoms with Gasteiger partial charge in [-0.1, -0.05) is 12.1 Å². The van der Waals surface area contributed by atoms with Gasteiger partial charge in [0.2, 0.25) is 5.91 Å². The van der Waals surface area contributed by atoms with Gasteiger partial charge in [0.25, 0.3) is 0 Å². The van der Waals surface area contributed by atoms with Gasteiger partial charge < -0.3 is 15.4 Å². The molecule has 0 radical (unpaired) electrons. The number of aromatic nitrogens is 1. The topological polar surface area (TPSA) is 133 Å². The summed E-state index contributed by atoms with van der Waals surface area (Å²) in [4.78, 5) is 18.6. The van der Waals surface area contributed by atoms with Gasteiger partial charge in [0.1, 0.15) is 5.75 Å². The number of amides is 1. The van der Waals surface area contributed by atoms with E-state index in [9.17, 15) is 13.9 Å². The van der Waals surface area contributed by atoms with E-state index in [0.29, 0.717) is 36.6 Å². The lowest BCUT2D eigenvalue weighted by Crippen LogP contribution is -2.42. The predicted octanol–water partition coefficient (Wildman–Crippen LogP) is 2.65. The summed E-state index contributed by atoms with van der Waals surface area (Å²) in [7, 11) is -3.33. The number of fused-ring (bicyclic) bond motifs is 1. The van der Waals surface area contributed by atoms with Crippen molar-refractivity contribution in [3.63, 3.8) is 0 Å². The van der Waals surface area contributed by atoms with Crippen LogP contribution in [-0.2, 0) is 11.2 Å². The number of benzene rings is 1. The Balaban J connectivity index is 1.38. The Morgan fingerprint density at radius 2 is 2.20 bits per heavy atom. The van der Waals surface area contributed by atoms with E-state index in [1.807, 2.05) is 17.0 Å². The summed E-state index contributed by atoms with van der Waals surface area (Å²) in [5, 5.41) is 0. The molecule has 1 amide bonds. The minimum atomic E-state index is -3.33. The highest BCUT2D eigenvalue weighted by Crippen LogP contribution is 2.46. The number of rotatable bonds is 5. The molecule has 9 nitrogen and oxygen atoms in total. The van der Waals surface area contributed by atoms with Crippen LogP contribution in [0.4, 0.5) is 5.69 Å². The van der Waals surface area contributed by atoms with Crippen molar-refractivity contribution in [2.75, 3.05) is 24.4 Å². The number of piperidine rings is 1. The number of amidine groups is 1. The molecule has 30 heavy (non-hydrogen) atoms. The number of ether oxygens (including phenoxy) is 1. The van der Waals surface area contributed by atoms with Gasteiger partial charge in [0.05, 0.1) is 24.3 Å². The van der Waals surface area contributed by atoms with Gasteiger partial charge in [-0.2, -0.15) is 0 Å². The first-order valence-corrected chi connectivity index (χ1v) is 11.3. The van der Waals surface area contributed by atoms with E-state index < -0.39 is 11.0 Å². The number of likely N-dealkylation sites (tertiary alicyclic amines) is 1. The van der Waals surface area contributed by atoms with Gasteiger partial charge in [-0.25, -0.2) is 0 Å². The number of pyridine rings is 1. The van der Waals surface area contributed by atoms with E-state index in [0.717, 1.165) is 24.9 Å². The van der Waals surface area contributed by atoms with Crippen molar-refractivity contribution in [1.82, 2.24) is 9.88 Å². The fourth-order valence-corrected chi connectivity index (χ4v) is 4.65. The van der Waals surface area contributed by atoms with Crippen LogP contribution in [0.5, 0.6) is 5.75 Å². The Morgan fingerprint density at radius 3 is 3.00 bits per heavy atom. The highest BCUT2D eigenvalue weighted by molar-refractivity contribution is 8.24. The number of carbonyl (C=O) groups is 1. The Kier molecular flexibility index (Phi) is 5.80. The first kappa shape index (κ1) is 20.5. The molecule has 1 atom stereocenters. The molecule has 1 aromatic carbocycles. The third-order valence-electron chi connectivity index (χ3n) is 5.18. The molecule has 4 rings (SSSR count). The molecule has 1 fully saturated rings. The molecule has 1 saturated heterocycles. The van der Waals surface area contributed by atoms with Crippen LogP contribution in [0.25, 0.3) is 0 Å². The molecule has 0 saturated carbocycles. The number of carbonyl (C=O) groups excluding carboxylic acids is 1. The van der Waals surface area contributed by atoms with Crippen molar-refractivity contribution < 1.29 is 18.6 Å². The third kappa shape index (κ3) is 4.66. The first-order valence-electron chi connectivity index (χ1n) is 9.75. The van der Waals surface area contributed by atoms with E-state index in [1.54, 1.807) is 30.6 Å². The summed E-state index contributed by atoms with van der Waals surface area (Å²) in [6, 6.07) is 8.95. The number of nitrogens with two attached hydrogens (primary N) is 1. The summed E-state index contributed by atoms with van der Waals surface area (Å²) in [6.07, 6.45) is 5.65. The molecule has 1 aromatic heterocycles. The van der Waals surface area contributed by atoms with E-state index in [2.05, 4.69) is 14.1 Å². The van der Waals surface area contributed by atoms with E-state index >= 15 is 0 Å². The van der Waals surface area contributed by atoms with Crippen LogP contribution in [-0.4, -0.2) is 50.4 Å². The molecule has 1 unspecified atom stereocenters. The minimum absolute atomic E-state index is 0.0243. The molecule has 0 spiro atoms. The van der Waals surface area contributed by atoms with Crippen LogP contribution >= 0.6 is 11.0 Å². The molecule has 0 aliphatic carbocycles. The summed E-state index contributed by atoms with van der Waals surface area (Å²) in [6.45, 7) is 1.81. The van der Waals surface area contributed by atoms with Crippen molar-refractivity contribution in [2.45, 2.75) is 19.3 Å². The van der Waals surface area contributed by atoms with Crippen LogP contribution in [0.2, 0.25) is 0 Å². The maximum Gasteiger partial charge on any atom is 0.227 e. The Hall–Kier alpha value is -2.82. The third-order valence-corrected chi connectivity index (χ3v) is 6.12. The second-order valence-electron chi connectivity index (χ2n) is 7.47. The molecule has 3 heterocycles. The van der Waals surface area contributed by atoms with E-state index in [-0.39, 0.29) is 17.7 Å². The molecule has 160 valence electrons. The first-order chi connectivity index (χ1) is 14.4. The molecular weight excluding hydrogens is 406 g/mol. The summed E-state index contributed by atoms with van der Waals surface area (Å²) in [5.41, 5.74) is 7.83. The molecule has 10 heteroatoms. The average molecular weight is 432 g/mol. The van der Waals surface area contributed by atoms with Crippen LogP contribution in [0, 0.1) is 5.92 Å². The monoisotopic (exact) mass is 431 g/mol. The minimum Gasteiger partial charge on any atom is -0.492 e. The lowest BCUT2D eigenvalue weighted by atomic mass is 9.98. The fraction of sp³-hybridized carbons (Fsp3) is 0.350. The number of anilines is 1. The maximum atomic E-state index is 12.7. The van der Waals surface area contributed by atoms with Crippen LogP contribution in [0.1, 0.15) is 24.0 Å².